The van der Waals surface area contributed by atoms with Gasteiger partial charge in [0.25, 0.3) is 0 Å². The molecule has 0 N–H and O–H groups in total. The van der Waals surface area contributed by atoms with Gasteiger partial charge < -0.3 is 0 Å². The van der Waals surface area contributed by atoms with Crippen LogP contribution < -0.4 is 5.01 Å². The Bertz CT molecular complexity index is 920. The minimum Gasteiger partial charge on any atom is -0.257 e. The maximum absolute atomic E-state index is 6.22. The summed E-state index contributed by atoms with van der Waals surface area (Å²) in [6.45, 7) is 0. The second-order valence-electron chi connectivity index (χ2n) is 5.73. The minimum absolute atomic E-state index is 0.142. The summed E-state index contributed by atoms with van der Waals surface area (Å²) in [7, 11) is 0. The molecule has 25 heavy (non-hydrogen) atoms. The van der Waals surface area contributed by atoms with E-state index in [1.54, 1.807) is 17.4 Å². The van der Waals surface area contributed by atoms with Crippen LogP contribution in [0.4, 0.5) is 5.69 Å². The van der Waals surface area contributed by atoms with E-state index in [4.69, 9.17) is 39.9 Å². The van der Waals surface area contributed by atoms with E-state index < -0.39 is 0 Å². The third-order valence-electron chi connectivity index (χ3n) is 4.13. The Kier molecular flexibility index (Phi) is 4.74. The summed E-state index contributed by atoms with van der Waals surface area (Å²) >= 11 is 20.0. The second-order valence-corrected chi connectivity index (χ2v) is 7.96. The summed E-state index contributed by atoms with van der Waals surface area (Å²) < 4.78 is 0. The first kappa shape index (κ1) is 16.9. The molecule has 1 aliphatic heterocycles. The molecule has 4 rings (SSSR count). The smallest absolute Gasteiger partial charge is 0.0923 e. The van der Waals surface area contributed by atoms with Crippen LogP contribution in [0.25, 0.3) is 0 Å². The molecule has 6 heteroatoms. The van der Waals surface area contributed by atoms with Crippen molar-refractivity contribution in [2.75, 3.05) is 5.01 Å². The van der Waals surface area contributed by atoms with Crippen molar-refractivity contribution in [2.24, 2.45) is 5.10 Å². The van der Waals surface area contributed by atoms with Crippen molar-refractivity contribution >= 4 is 57.5 Å². The van der Waals surface area contributed by atoms with Crippen LogP contribution in [0.3, 0.4) is 0 Å². The monoisotopic (exact) mass is 406 g/mol. The maximum atomic E-state index is 6.22. The molecule has 0 saturated carbocycles. The second kappa shape index (κ2) is 7.00. The topological polar surface area (TPSA) is 15.6 Å². The summed E-state index contributed by atoms with van der Waals surface area (Å²) in [4.78, 5) is 1.26. The van der Waals surface area contributed by atoms with E-state index in [0.29, 0.717) is 10.0 Å². The standard InChI is InChI=1S/C19H13Cl3N2S/c20-13-5-3-12(4-6-13)17-11-18(19-2-1-9-25-19)24(23-17)14-7-8-15(21)16(22)10-14/h1-10,18H,11H2/t18-/m0/s1. The maximum Gasteiger partial charge on any atom is 0.0923 e. The summed E-state index contributed by atoms with van der Waals surface area (Å²) in [5.41, 5.74) is 3.03. The van der Waals surface area contributed by atoms with Crippen LogP contribution in [-0.2, 0) is 0 Å². The normalized spacial score (nSPS) is 17.0. The van der Waals surface area contributed by atoms with Gasteiger partial charge in [0.05, 0.1) is 27.5 Å². The predicted molar refractivity (Wildman–Crippen MR) is 109 cm³/mol. The van der Waals surface area contributed by atoms with Crippen LogP contribution >= 0.6 is 46.1 Å². The number of halogens is 3. The minimum atomic E-state index is 0.142. The zero-order chi connectivity index (χ0) is 17.4. The van der Waals surface area contributed by atoms with Gasteiger partial charge in [-0.05, 0) is 47.3 Å². The molecule has 0 unspecified atom stereocenters. The van der Waals surface area contributed by atoms with Crippen molar-refractivity contribution in [1.29, 1.82) is 0 Å². The van der Waals surface area contributed by atoms with Gasteiger partial charge in [-0.1, -0.05) is 53.0 Å². The Morgan fingerprint density at radius 1 is 0.960 bits per heavy atom. The van der Waals surface area contributed by atoms with Gasteiger partial charge in [0.1, 0.15) is 0 Å². The fourth-order valence-corrected chi connectivity index (χ4v) is 4.13. The van der Waals surface area contributed by atoms with Gasteiger partial charge in [-0.2, -0.15) is 5.10 Å². The average molecular weight is 408 g/mol. The van der Waals surface area contributed by atoms with Crippen molar-refractivity contribution in [3.05, 3.63) is 85.5 Å². The molecule has 0 fully saturated rings. The highest BCUT2D eigenvalue weighted by Gasteiger charge is 2.30. The largest absolute Gasteiger partial charge is 0.257 e. The SMILES string of the molecule is Clc1ccc(C2=NN(c3ccc(Cl)c(Cl)c3)[C@H](c3cccs3)C2)cc1. The summed E-state index contributed by atoms with van der Waals surface area (Å²) in [6.07, 6.45) is 0.822. The molecule has 1 aliphatic rings. The lowest BCUT2D eigenvalue weighted by molar-refractivity contribution is 0.722. The number of hydrazone groups is 1. The molecule has 126 valence electrons. The number of thiophene rings is 1. The van der Waals surface area contributed by atoms with Crippen molar-refractivity contribution in [3.8, 4) is 0 Å². The first-order valence-corrected chi connectivity index (χ1v) is 9.74. The lowest BCUT2D eigenvalue weighted by atomic mass is 10.0. The molecule has 0 spiro atoms. The first-order valence-electron chi connectivity index (χ1n) is 7.73. The van der Waals surface area contributed by atoms with E-state index in [0.717, 1.165) is 28.4 Å². The molecule has 1 aromatic heterocycles. The highest BCUT2D eigenvalue weighted by molar-refractivity contribution is 7.10. The van der Waals surface area contributed by atoms with Crippen LogP contribution in [0, 0.1) is 0 Å². The van der Waals surface area contributed by atoms with Crippen LogP contribution in [0.1, 0.15) is 22.9 Å². The van der Waals surface area contributed by atoms with Gasteiger partial charge in [-0.25, -0.2) is 0 Å². The Morgan fingerprint density at radius 2 is 1.76 bits per heavy atom. The zero-order valence-corrected chi connectivity index (χ0v) is 16.1. The predicted octanol–water partition coefficient (Wildman–Crippen LogP) is 7.06. The third-order valence-corrected chi connectivity index (χ3v) is 6.09. The summed E-state index contributed by atoms with van der Waals surface area (Å²) in [5.74, 6) is 0. The van der Waals surface area contributed by atoms with Gasteiger partial charge in [0.15, 0.2) is 0 Å². The Labute approximate surface area is 165 Å². The molecule has 1 atom stereocenters. The van der Waals surface area contributed by atoms with E-state index in [1.807, 2.05) is 41.4 Å². The van der Waals surface area contributed by atoms with Crippen molar-refractivity contribution in [1.82, 2.24) is 0 Å². The number of rotatable bonds is 3. The first-order chi connectivity index (χ1) is 12.1. The lowest BCUT2D eigenvalue weighted by Crippen LogP contribution is -2.17. The molecule has 0 saturated heterocycles. The number of benzene rings is 2. The van der Waals surface area contributed by atoms with Gasteiger partial charge in [-0.15, -0.1) is 11.3 Å². The zero-order valence-electron chi connectivity index (χ0n) is 13.0. The Hall–Kier alpha value is -1.52. The van der Waals surface area contributed by atoms with Gasteiger partial charge in [0.2, 0.25) is 0 Å². The third kappa shape index (κ3) is 3.42. The molecule has 0 aliphatic carbocycles. The molecule has 0 radical (unpaired) electrons. The van der Waals surface area contributed by atoms with Gasteiger partial charge in [-0.3, -0.25) is 5.01 Å². The summed E-state index contributed by atoms with van der Waals surface area (Å²) in [6, 6.07) is 17.7. The average Bonchev–Trinajstić information content (AvgIpc) is 3.27. The molecule has 2 heterocycles. The van der Waals surface area contributed by atoms with Crippen molar-refractivity contribution < 1.29 is 0 Å². The lowest BCUT2D eigenvalue weighted by Gasteiger charge is -2.23. The number of anilines is 1. The van der Waals surface area contributed by atoms with E-state index in [2.05, 4.69) is 17.5 Å². The van der Waals surface area contributed by atoms with E-state index in [-0.39, 0.29) is 6.04 Å². The molecule has 0 amide bonds. The van der Waals surface area contributed by atoms with Gasteiger partial charge in [0, 0.05) is 16.3 Å². The molecule has 3 aromatic rings. The molecule has 0 bridgehead atoms. The molecular formula is C19H13Cl3N2S. The Balaban J connectivity index is 1.75. The fourth-order valence-electron chi connectivity index (χ4n) is 2.90. The van der Waals surface area contributed by atoms with Gasteiger partial charge >= 0.3 is 0 Å². The fraction of sp³-hybridized carbons (Fsp3) is 0.105. The summed E-state index contributed by atoms with van der Waals surface area (Å²) in [5, 5.41) is 10.8. The van der Waals surface area contributed by atoms with E-state index >= 15 is 0 Å². The number of hydrogen-bond acceptors (Lipinski definition) is 3. The highest BCUT2D eigenvalue weighted by Crippen LogP contribution is 2.40. The highest BCUT2D eigenvalue weighted by atomic mass is 35.5. The van der Waals surface area contributed by atoms with Crippen LogP contribution in [-0.4, -0.2) is 5.71 Å². The number of nitrogens with zero attached hydrogens (tertiary/aromatic N) is 2. The quantitative estimate of drug-likeness (QED) is 0.453. The molecular weight excluding hydrogens is 395 g/mol. The van der Waals surface area contributed by atoms with Crippen LogP contribution in [0.15, 0.2) is 65.1 Å². The van der Waals surface area contributed by atoms with E-state index in [1.165, 1.54) is 4.88 Å². The Morgan fingerprint density at radius 3 is 2.44 bits per heavy atom. The number of hydrogen-bond donors (Lipinski definition) is 0. The van der Waals surface area contributed by atoms with Crippen LogP contribution in [0.2, 0.25) is 15.1 Å². The molecule has 2 nitrogen and oxygen atoms in total. The van der Waals surface area contributed by atoms with Crippen LogP contribution in [0.5, 0.6) is 0 Å². The van der Waals surface area contributed by atoms with Crippen molar-refractivity contribution in [2.45, 2.75) is 12.5 Å². The molecule has 2 aromatic carbocycles. The van der Waals surface area contributed by atoms with Crippen molar-refractivity contribution in [3.63, 3.8) is 0 Å². The van der Waals surface area contributed by atoms with E-state index in [9.17, 15) is 0 Å².